The van der Waals surface area contributed by atoms with Crippen LogP contribution in [0.1, 0.15) is 48.7 Å². The Morgan fingerprint density at radius 3 is 2.54 bits per heavy atom. The van der Waals surface area contributed by atoms with Crippen molar-refractivity contribution in [1.82, 2.24) is 9.97 Å². The van der Waals surface area contributed by atoms with Crippen molar-refractivity contribution >= 4 is 27.5 Å². The molecule has 0 spiro atoms. The summed E-state index contributed by atoms with van der Waals surface area (Å²) < 4.78 is 5.63. The monoisotopic (exact) mass is 370 g/mol. The molecule has 1 aromatic carbocycles. The highest BCUT2D eigenvalue weighted by molar-refractivity contribution is 7.18. The maximum Gasteiger partial charge on any atom is 0.316 e. The summed E-state index contributed by atoms with van der Waals surface area (Å²) in [5.41, 5.74) is 0.826. The van der Waals surface area contributed by atoms with Gasteiger partial charge in [0.25, 0.3) is 5.56 Å². The molecule has 0 aliphatic heterocycles. The summed E-state index contributed by atoms with van der Waals surface area (Å²) in [6, 6.07) is 9.48. The Hall–Kier alpha value is -2.47. The third-order valence-electron chi connectivity index (χ3n) is 4.73. The third-order valence-corrected chi connectivity index (χ3v) is 5.83. The zero-order chi connectivity index (χ0) is 19.1. The fourth-order valence-corrected chi connectivity index (χ4v) is 3.84. The number of thiophene rings is 1. The van der Waals surface area contributed by atoms with Gasteiger partial charge in [0.1, 0.15) is 4.83 Å². The van der Waals surface area contributed by atoms with Crippen molar-refractivity contribution in [2.45, 2.75) is 46.1 Å². The van der Waals surface area contributed by atoms with Gasteiger partial charge in [-0.25, -0.2) is 4.98 Å². The van der Waals surface area contributed by atoms with Crippen LogP contribution in [0.15, 0.2) is 35.1 Å². The van der Waals surface area contributed by atoms with E-state index in [1.807, 2.05) is 58.0 Å². The van der Waals surface area contributed by atoms with Crippen LogP contribution < -0.4 is 5.56 Å². The maximum atomic E-state index is 12.7. The van der Waals surface area contributed by atoms with Crippen LogP contribution in [0.25, 0.3) is 10.2 Å². The van der Waals surface area contributed by atoms with Crippen molar-refractivity contribution < 1.29 is 9.53 Å². The van der Waals surface area contributed by atoms with Gasteiger partial charge in [0, 0.05) is 4.88 Å². The second-order valence-corrected chi connectivity index (χ2v) is 8.16. The average Bonchev–Trinajstić information content (AvgIpc) is 2.90. The number of aromatic nitrogens is 2. The molecule has 6 heteroatoms. The van der Waals surface area contributed by atoms with Crippen molar-refractivity contribution in [3.8, 4) is 0 Å². The first-order valence-corrected chi connectivity index (χ1v) is 9.30. The minimum atomic E-state index is -0.796. The first-order chi connectivity index (χ1) is 12.2. The lowest BCUT2D eigenvalue weighted by Gasteiger charge is -2.25. The predicted octanol–water partition coefficient (Wildman–Crippen LogP) is 4.18. The molecule has 0 fully saturated rings. The summed E-state index contributed by atoms with van der Waals surface area (Å²) in [4.78, 5) is 34.1. The maximum absolute atomic E-state index is 12.7. The van der Waals surface area contributed by atoms with E-state index >= 15 is 0 Å². The molecule has 2 heterocycles. The molecule has 0 saturated carbocycles. The van der Waals surface area contributed by atoms with Crippen molar-refractivity contribution in [3.05, 3.63) is 62.5 Å². The molecule has 5 nitrogen and oxygen atoms in total. The molecule has 26 heavy (non-hydrogen) atoms. The van der Waals surface area contributed by atoms with E-state index in [2.05, 4.69) is 9.97 Å². The van der Waals surface area contributed by atoms with Crippen molar-refractivity contribution in [1.29, 1.82) is 0 Å². The van der Waals surface area contributed by atoms with Crippen molar-refractivity contribution in [3.63, 3.8) is 0 Å². The number of carbonyl (C=O) groups is 1. The third kappa shape index (κ3) is 3.17. The zero-order valence-corrected chi connectivity index (χ0v) is 16.4. The Bertz CT molecular complexity index is 1020. The van der Waals surface area contributed by atoms with Gasteiger partial charge in [-0.1, -0.05) is 30.3 Å². The molecule has 0 saturated heterocycles. The van der Waals surface area contributed by atoms with Gasteiger partial charge in [-0.2, -0.15) is 0 Å². The standard InChI is InChI=1S/C20H22N2O3S/c1-11-13(3)26-18-15(11)17(23)21-16(22-18)12(2)25-19(24)20(4,5)14-9-7-6-8-10-14/h6-10,12H,1-5H3,(H,21,22,23)/t12-/m0/s1. The molecule has 1 atom stereocenters. The number of hydrogen-bond acceptors (Lipinski definition) is 5. The lowest BCUT2D eigenvalue weighted by molar-refractivity contribution is -0.154. The van der Waals surface area contributed by atoms with E-state index in [1.54, 1.807) is 6.92 Å². The second-order valence-electron chi connectivity index (χ2n) is 6.95. The van der Waals surface area contributed by atoms with E-state index in [9.17, 15) is 9.59 Å². The first-order valence-electron chi connectivity index (χ1n) is 8.48. The predicted molar refractivity (Wildman–Crippen MR) is 104 cm³/mol. The van der Waals surface area contributed by atoms with Gasteiger partial charge in [-0.15, -0.1) is 11.3 Å². The Labute approximate surface area is 156 Å². The molecular formula is C20H22N2O3S. The SMILES string of the molecule is Cc1sc2nc([C@H](C)OC(=O)C(C)(C)c3ccccc3)[nH]c(=O)c2c1C. The zero-order valence-electron chi connectivity index (χ0n) is 15.5. The van der Waals surface area contributed by atoms with E-state index < -0.39 is 11.5 Å². The van der Waals surface area contributed by atoms with Crippen LogP contribution in [-0.4, -0.2) is 15.9 Å². The van der Waals surface area contributed by atoms with E-state index in [-0.39, 0.29) is 11.5 Å². The lowest BCUT2D eigenvalue weighted by Crippen LogP contribution is -2.32. The van der Waals surface area contributed by atoms with Gasteiger partial charge in [-0.3, -0.25) is 9.59 Å². The van der Waals surface area contributed by atoms with Crippen LogP contribution >= 0.6 is 11.3 Å². The number of rotatable bonds is 4. The molecule has 3 rings (SSSR count). The van der Waals surface area contributed by atoms with E-state index in [0.717, 1.165) is 16.0 Å². The molecule has 136 valence electrons. The molecule has 0 unspecified atom stereocenters. The largest absolute Gasteiger partial charge is 0.454 e. The Balaban J connectivity index is 1.88. The molecule has 0 amide bonds. The summed E-state index contributed by atoms with van der Waals surface area (Å²) in [5, 5.41) is 0.611. The van der Waals surface area contributed by atoms with Gasteiger partial charge >= 0.3 is 5.97 Å². The highest BCUT2D eigenvalue weighted by Gasteiger charge is 2.33. The van der Waals surface area contributed by atoms with Crippen LogP contribution in [0.3, 0.4) is 0 Å². The van der Waals surface area contributed by atoms with Gasteiger partial charge in [-0.05, 0) is 45.7 Å². The Kier molecular flexibility index (Phi) is 4.71. The molecule has 2 aromatic heterocycles. The summed E-state index contributed by atoms with van der Waals surface area (Å²) in [7, 11) is 0. The van der Waals surface area contributed by atoms with Crippen LogP contribution in [0.2, 0.25) is 0 Å². The second kappa shape index (κ2) is 6.68. The number of carbonyl (C=O) groups excluding carboxylic acids is 1. The van der Waals surface area contributed by atoms with Gasteiger partial charge in [0.05, 0.1) is 10.8 Å². The Morgan fingerprint density at radius 1 is 1.23 bits per heavy atom. The van der Waals surface area contributed by atoms with Crippen molar-refractivity contribution in [2.75, 3.05) is 0 Å². The molecular weight excluding hydrogens is 348 g/mol. The number of aryl methyl sites for hydroxylation is 2. The number of esters is 1. The molecule has 3 aromatic rings. The van der Waals surface area contributed by atoms with Crippen LogP contribution in [0.4, 0.5) is 0 Å². The van der Waals surface area contributed by atoms with E-state index in [0.29, 0.717) is 16.0 Å². The normalized spacial score (nSPS) is 13.0. The Morgan fingerprint density at radius 2 is 1.88 bits per heavy atom. The van der Waals surface area contributed by atoms with Crippen molar-refractivity contribution in [2.24, 2.45) is 0 Å². The lowest BCUT2D eigenvalue weighted by atomic mass is 9.85. The van der Waals surface area contributed by atoms with Crippen LogP contribution in [0, 0.1) is 13.8 Å². The smallest absolute Gasteiger partial charge is 0.316 e. The fraction of sp³-hybridized carbons (Fsp3) is 0.350. The number of nitrogens with one attached hydrogen (secondary N) is 1. The minimum absolute atomic E-state index is 0.197. The highest BCUT2D eigenvalue weighted by atomic mass is 32.1. The minimum Gasteiger partial charge on any atom is -0.454 e. The average molecular weight is 370 g/mol. The number of hydrogen-bond donors (Lipinski definition) is 1. The number of benzene rings is 1. The number of fused-ring (bicyclic) bond motifs is 1. The van der Waals surface area contributed by atoms with Crippen LogP contribution in [-0.2, 0) is 14.9 Å². The molecule has 0 aliphatic rings. The summed E-state index contributed by atoms with van der Waals surface area (Å²) in [6.45, 7) is 9.24. The molecule has 0 aliphatic carbocycles. The topological polar surface area (TPSA) is 72.0 Å². The number of ether oxygens (including phenoxy) is 1. The summed E-state index contributed by atoms with van der Waals surface area (Å²) in [6.07, 6.45) is -0.648. The molecule has 0 radical (unpaired) electrons. The fourth-order valence-electron chi connectivity index (χ4n) is 2.80. The highest BCUT2D eigenvalue weighted by Crippen LogP contribution is 2.29. The summed E-state index contributed by atoms with van der Waals surface area (Å²) >= 11 is 1.47. The van der Waals surface area contributed by atoms with Gasteiger partial charge in [0.15, 0.2) is 11.9 Å². The quantitative estimate of drug-likeness (QED) is 0.699. The van der Waals surface area contributed by atoms with Gasteiger partial charge < -0.3 is 9.72 Å². The van der Waals surface area contributed by atoms with E-state index in [4.69, 9.17) is 4.74 Å². The van der Waals surface area contributed by atoms with Gasteiger partial charge in [0.2, 0.25) is 0 Å². The molecule has 0 bridgehead atoms. The van der Waals surface area contributed by atoms with E-state index in [1.165, 1.54) is 11.3 Å². The number of nitrogens with zero attached hydrogens (tertiary/aromatic N) is 1. The number of aromatic amines is 1. The summed E-state index contributed by atoms with van der Waals surface area (Å²) in [5.74, 6) is -0.00144. The first kappa shape index (κ1) is 18.3. The van der Waals surface area contributed by atoms with Crippen LogP contribution in [0.5, 0.6) is 0 Å². The molecule has 1 N–H and O–H groups in total. The number of H-pyrrole nitrogens is 1.